The first-order chi connectivity index (χ1) is 12.1. The summed E-state index contributed by atoms with van der Waals surface area (Å²) < 4.78 is 29.5. The molecule has 1 aliphatic rings. The highest BCUT2D eigenvalue weighted by Gasteiger charge is 2.33. The van der Waals surface area contributed by atoms with Gasteiger partial charge in [-0.1, -0.05) is 18.2 Å². The van der Waals surface area contributed by atoms with Gasteiger partial charge in [0.1, 0.15) is 5.75 Å². The van der Waals surface area contributed by atoms with E-state index in [0.717, 1.165) is 19.4 Å². The molecule has 2 atom stereocenters. The Balaban J connectivity index is 1.71. The molecule has 0 saturated carbocycles. The van der Waals surface area contributed by atoms with Crippen LogP contribution in [0.15, 0.2) is 41.8 Å². The van der Waals surface area contributed by atoms with Crippen LogP contribution in [0.25, 0.3) is 0 Å². The van der Waals surface area contributed by atoms with E-state index in [-0.39, 0.29) is 29.4 Å². The molecule has 0 spiro atoms. The number of carbonyl (C=O) groups is 1. The summed E-state index contributed by atoms with van der Waals surface area (Å²) in [5.41, 5.74) is 0.256. The molecule has 7 heteroatoms. The van der Waals surface area contributed by atoms with Crippen molar-refractivity contribution in [3.8, 4) is 5.75 Å². The first kappa shape index (κ1) is 17.8. The fraction of sp³-hybridized carbons (Fsp3) is 0.389. The van der Waals surface area contributed by atoms with Crippen molar-refractivity contribution >= 4 is 22.9 Å². The number of ether oxygens (including phenoxy) is 1. The Morgan fingerprint density at radius 2 is 2.12 bits per heavy atom. The van der Waals surface area contributed by atoms with Gasteiger partial charge >= 0.3 is 6.61 Å². The number of halogens is 2. The lowest BCUT2D eigenvalue weighted by atomic mass is 10.1. The standard InChI is InChI=1S/C18H20F2N2O2S/c1-12(22-10-4-7-14(22)16-9-5-11-25-16)17(23)21-13-6-2-3-8-15(13)24-18(19)20/h2-3,5-6,8-9,11-12,14,18H,4,7,10H2,1H3,(H,21,23). The van der Waals surface area contributed by atoms with Crippen molar-refractivity contribution in [2.45, 2.75) is 38.5 Å². The predicted molar refractivity (Wildman–Crippen MR) is 94.2 cm³/mol. The van der Waals surface area contributed by atoms with Gasteiger partial charge in [0.15, 0.2) is 0 Å². The molecule has 1 aliphatic heterocycles. The van der Waals surface area contributed by atoms with E-state index in [9.17, 15) is 13.6 Å². The molecule has 0 aliphatic carbocycles. The number of thiophene rings is 1. The number of likely N-dealkylation sites (tertiary alicyclic amines) is 1. The van der Waals surface area contributed by atoms with Crippen LogP contribution in [0.1, 0.15) is 30.7 Å². The molecule has 4 nitrogen and oxygen atoms in total. The quantitative estimate of drug-likeness (QED) is 0.818. The van der Waals surface area contributed by atoms with Crippen molar-refractivity contribution in [3.05, 3.63) is 46.7 Å². The van der Waals surface area contributed by atoms with Crippen LogP contribution >= 0.6 is 11.3 Å². The number of rotatable bonds is 6. The molecule has 0 radical (unpaired) electrons. The Kier molecular flexibility index (Phi) is 5.65. The van der Waals surface area contributed by atoms with E-state index in [0.29, 0.717) is 0 Å². The predicted octanol–water partition coefficient (Wildman–Crippen LogP) is 4.51. The van der Waals surface area contributed by atoms with Crippen LogP contribution in [0.5, 0.6) is 5.75 Å². The summed E-state index contributed by atoms with van der Waals surface area (Å²) in [6.07, 6.45) is 2.05. The van der Waals surface area contributed by atoms with Crippen molar-refractivity contribution in [1.82, 2.24) is 4.90 Å². The lowest BCUT2D eigenvalue weighted by molar-refractivity contribution is -0.121. The Morgan fingerprint density at radius 3 is 2.84 bits per heavy atom. The minimum Gasteiger partial charge on any atom is -0.433 e. The van der Waals surface area contributed by atoms with Crippen LogP contribution in [0.2, 0.25) is 0 Å². The lowest BCUT2D eigenvalue weighted by Gasteiger charge is -2.29. The van der Waals surface area contributed by atoms with Gasteiger partial charge < -0.3 is 10.1 Å². The van der Waals surface area contributed by atoms with E-state index in [2.05, 4.69) is 21.0 Å². The third-order valence-corrected chi connectivity index (χ3v) is 5.38. The average Bonchev–Trinajstić information content (AvgIpc) is 3.26. The fourth-order valence-electron chi connectivity index (χ4n) is 3.20. The number of carbonyl (C=O) groups excluding carboxylic acids is 1. The zero-order valence-corrected chi connectivity index (χ0v) is 14.6. The summed E-state index contributed by atoms with van der Waals surface area (Å²) in [6, 6.07) is 10.2. The number of benzene rings is 1. The van der Waals surface area contributed by atoms with Crippen molar-refractivity contribution in [3.63, 3.8) is 0 Å². The average molecular weight is 366 g/mol. The van der Waals surface area contributed by atoms with Gasteiger partial charge in [-0.15, -0.1) is 11.3 Å². The van der Waals surface area contributed by atoms with Crippen molar-refractivity contribution < 1.29 is 18.3 Å². The number of nitrogens with zero attached hydrogens (tertiary/aromatic N) is 1. The van der Waals surface area contributed by atoms with E-state index in [1.807, 2.05) is 18.4 Å². The molecular weight excluding hydrogens is 346 g/mol. The molecule has 2 heterocycles. The van der Waals surface area contributed by atoms with Gasteiger partial charge in [0.05, 0.1) is 11.7 Å². The number of hydrogen-bond donors (Lipinski definition) is 1. The smallest absolute Gasteiger partial charge is 0.387 e. The van der Waals surface area contributed by atoms with E-state index in [1.165, 1.54) is 10.9 Å². The maximum atomic E-state index is 12.7. The van der Waals surface area contributed by atoms with Gasteiger partial charge in [0, 0.05) is 10.9 Å². The van der Waals surface area contributed by atoms with Crippen molar-refractivity contribution in [2.24, 2.45) is 0 Å². The fourth-order valence-corrected chi connectivity index (χ4v) is 4.08. The minimum atomic E-state index is -2.93. The Hall–Kier alpha value is -1.99. The van der Waals surface area contributed by atoms with Crippen molar-refractivity contribution in [2.75, 3.05) is 11.9 Å². The third kappa shape index (κ3) is 4.16. The monoisotopic (exact) mass is 366 g/mol. The molecule has 1 fully saturated rings. The van der Waals surface area contributed by atoms with Crippen LogP contribution in [-0.2, 0) is 4.79 Å². The third-order valence-electron chi connectivity index (χ3n) is 4.40. The molecule has 134 valence electrons. The second-order valence-corrected chi connectivity index (χ2v) is 6.93. The van der Waals surface area contributed by atoms with Crippen molar-refractivity contribution in [1.29, 1.82) is 0 Å². The molecule has 1 aromatic carbocycles. The summed E-state index contributed by atoms with van der Waals surface area (Å²) in [4.78, 5) is 16.1. The van der Waals surface area contributed by atoms with Crippen LogP contribution in [0.3, 0.4) is 0 Å². The molecular formula is C18H20F2N2O2S. The van der Waals surface area contributed by atoms with Gasteiger partial charge in [0.25, 0.3) is 0 Å². The molecule has 2 aromatic rings. The second-order valence-electron chi connectivity index (χ2n) is 5.95. The highest BCUT2D eigenvalue weighted by Crippen LogP contribution is 2.36. The highest BCUT2D eigenvalue weighted by atomic mass is 32.1. The molecule has 1 saturated heterocycles. The normalized spacial score (nSPS) is 19.1. The molecule has 0 bridgehead atoms. The van der Waals surface area contributed by atoms with E-state index in [1.54, 1.807) is 29.5 Å². The van der Waals surface area contributed by atoms with E-state index < -0.39 is 6.61 Å². The number of amides is 1. The molecule has 3 rings (SSSR count). The Labute approximate surface area is 149 Å². The SMILES string of the molecule is CC(C(=O)Nc1ccccc1OC(F)F)N1CCCC1c1cccs1. The topological polar surface area (TPSA) is 41.6 Å². The largest absolute Gasteiger partial charge is 0.433 e. The van der Waals surface area contributed by atoms with E-state index in [4.69, 9.17) is 0 Å². The number of hydrogen-bond acceptors (Lipinski definition) is 4. The lowest BCUT2D eigenvalue weighted by Crippen LogP contribution is -2.41. The molecule has 2 unspecified atom stereocenters. The van der Waals surface area contributed by atoms with Gasteiger partial charge in [0.2, 0.25) is 5.91 Å². The number of nitrogens with one attached hydrogen (secondary N) is 1. The summed E-state index contributed by atoms with van der Waals surface area (Å²) in [7, 11) is 0. The van der Waals surface area contributed by atoms with Gasteiger partial charge in [-0.2, -0.15) is 8.78 Å². The second kappa shape index (κ2) is 7.93. The zero-order chi connectivity index (χ0) is 17.8. The van der Waals surface area contributed by atoms with Crippen LogP contribution in [0.4, 0.5) is 14.5 Å². The maximum Gasteiger partial charge on any atom is 0.387 e. The molecule has 25 heavy (non-hydrogen) atoms. The van der Waals surface area contributed by atoms with Crippen LogP contribution in [-0.4, -0.2) is 30.0 Å². The minimum absolute atomic E-state index is 0.0331. The first-order valence-corrected chi connectivity index (χ1v) is 9.08. The number of anilines is 1. The Bertz CT molecular complexity index is 709. The highest BCUT2D eigenvalue weighted by molar-refractivity contribution is 7.10. The molecule has 1 N–H and O–H groups in total. The first-order valence-electron chi connectivity index (χ1n) is 8.20. The number of para-hydroxylation sites is 2. The van der Waals surface area contributed by atoms with Gasteiger partial charge in [-0.3, -0.25) is 9.69 Å². The molecule has 1 amide bonds. The Morgan fingerprint density at radius 1 is 1.32 bits per heavy atom. The molecule has 1 aromatic heterocycles. The van der Waals surface area contributed by atoms with Gasteiger partial charge in [-0.05, 0) is 49.9 Å². The number of alkyl halides is 2. The maximum absolute atomic E-state index is 12.7. The van der Waals surface area contributed by atoms with Gasteiger partial charge in [-0.25, -0.2) is 0 Å². The zero-order valence-electron chi connectivity index (χ0n) is 13.8. The summed E-state index contributed by atoms with van der Waals surface area (Å²) >= 11 is 1.69. The summed E-state index contributed by atoms with van der Waals surface area (Å²) in [5, 5.41) is 4.76. The summed E-state index contributed by atoms with van der Waals surface area (Å²) in [6.45, 7) is -0.248. The van der Waals surface area contributed by atoms with Crippen LogP contribution in [0, 0.1) is 0 Å². The summed E-state index contributed by atoms with van der Waals surface area (Å²) in [5.74, 6) is -0.261. The van der Waals surface area contributed by atoms with E-state index >= 15 is 0 Å². The van der Waals surface area contributed by atoms with Crippen LogP contribution < -0.4 is 10.1 Å².